The Hall–Kier alpha value is -2.04. The van der Waals surface area contributed by atoms with E-state index in [2.05, 4.69) is 35.4 Å². The Kier molecular flexibility index (Phi) is 7.90. The molecule has 1 aliphatic rings. The van der Waals surface area contributed by atoms with Crippen LogP contribution in [-0.4, -0.2) is 23.6 Å². The van der Waals surface area contributed by atoms with Crippen LogP contribution in [0.5, 0.6) is 0 Å². The minimum absolute atomic E-state index is 0.203. The summed E-state index contributed by atoms with van der Waals surface area (Å²) >= 11 is 0. The van der Waals surface area contributed by atoms with E-state index in [1.54, 1.807) is 0 Å². The van der Waals surface area contributed by atoms with Crippen LogP contribution in [0.1, 0.15) is 90.2 Å². The van der Waals surface area contributed by atoms with Gasteiger partial charge in [-0.1, -0.05) is 25.5 Å². The number of nitrogens with two attached hydrogens (primary N) is 1. The van der Waals surface area contributed by atoms with Gasteiger partial charge in [-0.2, -0.15) is 0 Å². The SMILES string of the molecule is CCCCc1cc(C2CCC(NC(=O)OC(C)(C)C)CC2)ccc1N=C(C)N. The largest absolute Gasteiger partial charge is 0.444 e. The highest BCUT2D eigenvalue weighted by Gasteiger charge is 2.25. The number of nitrogens with one attached hydrogen (secondary N) is 1. The molecule has 0 radical (unpaired) electrons. The molecule has 1 aromatic rings. The van der Waals surface area contributed by atoms with Crippen molar-refractivity contribution in [1.82, 2.24) is 5.32 Å². The zero-order valence-corrected chi connectivity index (χ0v) is 18.2. The van der Waals surface area contributed by atoms with E-state index in [1.807, 2.05) is 27.7 Å². The third kappa shape index (κ3) is 7.17. The Balaban J connectivity index is 1.99. The number of rotatable bonds is 6. The van der Waals surface area contributed by atoms with Crippen LogP contribution in [0.2, 0.25) is 0 Å². The van der Waals surface area contributed by atoms with Crippen LogP contribution in [0.25, 0.3) is 0 Å². The average Bonchev–Trinajstić information content (AvgIpc) is 2.59. The zero-order valence-electron chi connectivity index (χ0n) is 18.2. The number of carbonyl (C=O) groups is 1. The number of aryl methyl sites for hydroxylation is 1. The first kappa shape index (κ1) is 22.3. The zero-order chi connectivity index (χ0) is 20.7. The van der Waals surface area contributed by atoms with Crippen LogP contribution in [0.15, 0.2) is 23.2 Å². The first-order valence-electron chi connectivity index (χ1n) is 10.6. The van der Waals surface area contributed by atoms with Crippen molar-refractivity contribution in [3.05, 3.63) is 29.3 Å². The monoisotopic (exact) mass is 387 g/mol. The standard InChI is InChI=1S/C23H37N3O2/c1-6-7-8-19-15-18(11-14-21(19)25-16(2)24)17-9-12-20(13-10-17)26-22(27)28-23(3,4)5/h11,14-15,17,20H,6-10,12-13H2,1-5H3,(H2,24,25)(H,26,27). The molecule has 1 amide bonds. The molecule has 5 heteroatoms. The van der Waals surface area contributed by atoms with Gasteiger partial charge in [0.15, 0.2) is 0 Å². The summed E-state index contributed by atoms with van der Waals surface area (Å²) in [5.74, 6) is 1.13. The molecule has 1 saturated carbocycles. The van der Waals surface area contributed by atoms with Crippen LogP contribution in [0.3, 0.4) is 0 Å². The summed E-state index contributed by atoms with van der Waals surface area (Å²) in [7, 11) is 0. The fourth-order valence-corrected chi connectivity index (χ4v) is 3.77. The Morgan fingerprint density at radius 2 is 1.93 bits per heavy atom. The number of nitrogens with zero attached hydrogens (tertiary/aromatic N) is 1. The summed E-state index contributed by atoms with van der Waals surface area (Å²) in [5.41, 5.74) is 9.02. The fourth-order valence-electron chi connectivity index (χ4n) is 3.77. The molecule has 156 valence electrons. The highest BCUT2D eigenvalue weighted by Crippen LogP contribution is 2.35. The number of alkyl carbamates (subject to hydrolysis) is 1. The molecule has 2 rings (SSSR count). The molecule has 0 bridgehead atoms. The Morgan fingerprint density at radius 1 is 1.25 bits per heavy atom. The number of hydrogen-bond donors (Lipinski definition) is 2. The predicted molar refractivity (Wildman–Crippen MR) is 116 cm³/mol. The van der Waals surface area contributed by atoms with Gasteiger partial charge in [0.25, 0.3) is 0 Å². The second-order valence-electron chi connectivity index (χ2n) is 8.94. The summed E-state index contributed by atoms with van der Waals surface area (Å²) in [4.78, 5) is 16.5. The quantitative estimate of drug-likeness (QED) is 0.493. The Labute approximate surface area is 170 Å². The van der Waals surface area contributed by atoms with Crippen molar-refractivity contribution in [3.8, 4) is 0 Å². The van der Waals surface area contributed by atoms with Gasteiger partial charge in [0.1, 0.15) is 5.60 Å². The fraction of sp³-hybridized carbons (Fsp3) is 0.652. The molecule has 5 nitrogen and oxygen atoms in total. The van der Waals surface area contributed by atoms with Crippen molar-refractivity contribution >= 4 is 17.6 Å². The number of ether oxygens (including phenoxy) is 1. The second kappa shape index (κ2) is 9.94. The molecule has 0 heterocycles. The number of amides is 1. The van der Waals surface area contributed by atoms with Crippen LogP contribution in [0.4, 0.5) is 10.5 Å². The second-order valence-corrected chi connectivity index (χ2v) is 8.94. The summed E-state index contributed by atoms with van der Waals surface area (Å²) in [5, 5.41) is 3.02. The lowest BCUT2D eigenvalue weighted by atomic mass is 9.81. The van der Waals surface area contributed by atoms with Gasteiger partial charge in [-0.15, -0.1) is 0 Å². The first-order chi connectivity index (χ1) is 13.2. The summed E-state index contributed by atoms with van der Waals surface area (Å²) in [6, 6.07) is 6.84. The van der Waals surface area contributed by atoms with Crippen molar-refractivity contribution in [2.75, 3.05) is 0 Å². The number of amidine groups is 1. The van der Waals surface area contributed by atoms with Gasteiger partial charge in [0, 0.05) is 6.04 Å². The van der Waals surface area contributed by atoms with E-state index in [-0.39, 0.29) is 12.1 Å². The molecule has 28 heavy (non-hydrogen) atoms. The maximum atomic E-state index is 12.0. The molecule has 0 spiro atoms. The topological polar surface area (TPSA) is 76.7 Å². The maximum Gasteiger partial charge on any atom is 0.407 e. The number of hydrogen-bond acceptors (Lipinski definition) is 3. The molecule has 0 aliphatic heterocycles. The molecule has 1 aliphatic carbocycles. The van der Waals surface area contributed by atoms with Gasteiger partial charge >= 0.3 is 6.09 Å². The Morgan fingerprint density at radius 3 is 2.50 bits per heavy atom. The molecular formula is C23H37N3O2. The molecule has 0 saturated heterocycles. The van der Waals surface area contributed by atoms with Crippen molar-refractivity contribution in [1.29, 1.82) is 0 Å². The van der Waals surface area contributed by atoms with E-state index in [9.17, 15) is 4.79 Å². The Bertz CT molecular complexity index is 680. The molecule has 0 atom stereocenters. The summed E-state index contributed by atoms with van der Waals surface area (Å²) < 4.78 is 5.38. The highest BCUT2D eigenvalue weighted by atomic mass is 16.6. The molecule has 1 aromatic carbocycles. The lowest BCUT2D eigenvalue weighted by molar-refractivity contribution is 0.0491. The third-order valence-electron chi connectivity index (χ3n) is 5.12. The van der Waals surface area contributed by atoms with Gasteiger partial charge in [-0.05, 0) is 89.3 Å². The van der Waals surface area contributed by atoms with Crippen molar-refractivity contribution in [2.45, 2.75) is 97.1 Å². The van der Waals surface area contributed by atoms with E-state index in [4.69, 9.17) is 10.5 Å². The summed E-state index contributed by atoms with van der Waals surface area (Å²) in [6.07, 6.45) is 7.16. The number of aliphatic imine (C=N–C) groups is 1. The molecular weight excluding hydrogens is 350 g/mol. The van der Waals surface area contributed by atoms with Crippen LogP contribution < -0.4 is 11.1 Å². The van der Waals surface area contributed by atoms with Gasteiger partial charge < -0.3 is 15.8 Å². The van der Waals surface area contributed by atoms with E-state index in [0.717, 1.165) is 50.6 Å². The van der Waals surface area contributed by atoms with Crippen molar-refractivity contribution in [3.63, 3.8) is 0 Å². The van der Waals surface area contributed by atoms with E-state index in [1.165, 1.54) is 11.1 Å². The predicted octanol–water partition coefficient (Wildman–Crippen LogP) is 5.59. The lowest BCUT2D eigenvalue weighted by Crippen LogP contribution is -2.40. The van der Waals surface area contributed by atoms with Crippen LogP contribution in [0, 0.1) is 0 Å². The lowest BCUT2D eigenvalue weighted by Gasteiger charge is -2.30. The van der Waals surface area contributed by atoms with Gasteiger partial charge in [-0.3, -0.25) is 0 Å². The normalized spacial score (nSPS) is 20.7. The summed E-state index contributed by atoms with van der Waals surface area (Å²) in [6.45, 7) is 9.70. The maximum absolute atomic E-state index is 12.0. The molecule has 0 unspecified atom stereocenters. The molecule has 1 fully saturated rings. The molecule has 3 N–H and O–H groups in total. The van der Waals surface area contributed by atoms with Gasteiger partial charge in [0.2, 0.25) is 0 Å². The third-order valence-corrected chi connectivity index (χ3v) is 5.12. The van der Waals surface area contributed by atoms with Crippen molar-refractivity contribution in [2.24, 2.45) is 10.7 Å². The van der Waals surface area contributed by atoms with Gasteiger partial charge in [0.05, 0.1) is 11.5 Å². The smallest absolute Gasteiger partial charge is 0.407 e. The van der Waals surface area contributed by atoms with E-state index < -0.39 is 5.60 Å². The average molecular weight is 388 g/mol. The minimum Gasteiger partial charge on any atom is -0.444 e. The number of carbonyl (C=O) groups excluding carboxylic acids is 1. The highest BCUT2D eigenvalue weighted by molar-refractivity contribution is 5.81. The van der Waals surface area contributed by atoms with Crippen LogP contribution in [-0.2, 0) is 11.2 Å². The number of benzene rings is 1. The number of unbranched alkanes of at least 4 members (excludes halogenated alkanes) is 1. The van der Waals surface area contributed by atoms with E-state index >= 15 is 0 Å². The van der Waals surface area contributed by atoms with E-state index in [0.29, 0.717) is 11.8 Å². The molecule has 0 aromatic heterocycles. The van der Waals surface area contributed by atoms with Crippen molar-refractivity contribution < 1.29 is 9.53 Å². The minimum atomic E-state index is -0.456. The first-order valence-corrected chi connectivity index (χ1v) is 10.6. The van der Waals surface area contributed by atoms with Crippen LogP contribution >= 0.6 is 0 Å². The van der Waals surface area contributed by atoms with Gasteiger partial charge in [-0.25, -0.2) is 9.79 Å².